The number of esters is 1. The van der Waals surface area contributed by atoms with Crippen LogP contribution >= 0.6 is 0 Å². The van der Waals surface area contributed by atoms with Gasteiger partial charge in [-0.1, -0.05) is 13.8 Å². The van der Waals surface area contributed by atoms with Crippen LogP contribution in [0.1, 0.15) is 26.5 Å². The lowest BCUT2D eigenvalue weighted by Crippen LogP contribution is -2.45. The minimum atomic E-state index is -0.353. The van der Waals surface area contributed by atoms with Crippen LogP contribution in [0.3, 0.4) is 0 Å². The topological polar surface area (TPSA) is 56.2 Å². The Balaban J connectivity index is 2.70. The molecule has 0 fully saturated rings. The van der Waals surface area contributed by atoms with E-state index in [1.165, 1.54) is 0 Å². The SMILES string of the molecule is CCOC(=O)C(Cn1nccc1C)NC(C)C. The predicted octanol–water partition coefficient (Wildman–Crippen LogP) is 1.12. The van der Waals surface area contributed by atoms with E-state index in [-0.39, 0.29) is 18.1 Å². The van der Waals surface area contributed by atoms with Gasteiger partial charge in [0.05, 0.1) is 13.2 Å². The van der Waals surface area contributed by atoms with Crippen molar-refractivity contribution < 1.29 is 9.53 Å². The molecule has 0 aliphatic heterocycles. The smallest absolute Gasteiger partial charge is 0.325 e. The van der Waals surface area contributed by atoms with E-state index in [9.17, 15) is 4.79 Å². The van der Waals surface area contributed by atoms with Gasteiger partial charge in [0.1, 0.15) is 6.04 Å². The lowest BCUT2D eigenvalue weighted by molar-refractivity contribution is -0.146. The van der Waals surface area contributed by atoms with Crippen LogP contribution in [0.5, 0.6) is 0 Å². The van der Waals surface area contributed by atoms with Crippen molar-refractivity contribution in [2.24, 2.45) is 0 Å². The molecule has 1 N–H and O–H groups in total. The third-order valence-corrected chi connectivity index (χ3v) is 2.39. The van der Waals surface area contributed by atoms with Crippen LogP contribution in [-0.2, 0) is 16.1 Å². The molecule has 5 nitrogen and oxygen atoms in total. The standard InChI is InChI=1S/C12H21N3O2/c1-5-17-12(16)11(14-9(2)3)8-15-10(4)6-7-13-15/h6-7,9,11,14H,5,8H2,1-4H3. The summed E-state index contributed by atoms with van der Waals surface area (Å²) in [5.74, 6) is -0.226. The van der Waals surface area contributed by atoms with Crippen LogP contribution < -0.4 is 5.32 Å². The number of ether oxygens (including phenoxy) is 1. The molecule has 17 heavy (non-hydrogen) atoms. The van der Waals surface area contributed by atoms with Gasteiger partial charge in [0, 0.05) is 17.9 Å². The average molecular weight is 239 g/mol. The zero-order chi connectivity index (χ0) is 12.8. The van der Waals surface area contributed by atoms with E-state index in [1.807, 2.05) is 33.8 Å². The van der Waals surface area contributed by atoms with E-state index in [0.29, 0.717) is 13.2 Å². The van der Waals surface area contributed by atoms with Gasteiger partial charge < -0.3 is 10.1 Å². The number of nitrogens with one attached hydrogen (secondary N) is 1. The van der Waals surface area contributed by atoms with Gasteiger partial charge in [-0.2, -0.15) is 5.10 Å². The molecule has 0 amide bonds. The second-order valence-electron chi connectivity index (χ2n) is 4.28. The Kier molecular flexibility index (Phi) is 5.15. The molecule has 96 valence electrons. The zero-order valence-corrected chi connectivity index (χ0v) is 10.9. The largest absolute Gasteiger partial charge is 0.465 e. The summed E-state index contributed by atoms with van der Waals surface area (Å²) in [6.45, 7) is 8.67. The molecular formula is C12H21N3O2. The number of carbonyl (C=O) groups is 1. The normalized spacial score (nSPS) is 12.8. The minimum Gasteiger partial charge on any atom is -0.465 e. The first-order chi connectivity index (χ1) is 8.04. The third kappa shape index (κ3) is 4.19. The fraction of sp³-hybridized carbons (Fsp3) is 0.667. The van der Waals surface area contributed by atoms with Crippen molar-refractivity contribution >= 4 is 5.97 Å². The molecule has 0 saturated heterocycles. The van der Waals surface area contributed by atoms with Gasteiger partial charge >= 0.3 is 5.97 Å². The number of hydrogen-bond donors (Lipinski definition) is 1. The van der Waals surface area contributed by atoms with Gasteiger partial charge in [-0.3, -0.25) is 9.48 Å². The first kappa shape index (κ1) is 13.7. The highest BCUT2D eigenvalue weighted by atomic mass is 16.5. The maximum absolute atomic E-state index is 11.8. The molecule has 1 aromatic heterocycles. The summed E-state index contributed by atoms with van der Waals surface area (Å²) in [5, 5.41) is 7.37. The Morgan fingerprint density at radius 1 is 1.59 bits per heavy atom. The molecule has 0 saturated carbocycles. The summed E-state index contributed by atoms with van der Waals surface area (Å²) in [5.41, 5.74) is 1.03. The summed E-state index contributed by atoms with van der Waals surface area (Å²) in [6.07, 6.45) is 1.73. The summed E-state index contributed by atoms with van der Waals surface area (Å²) in [4.78, 5) is 11.8. The maximum atomic E-state index is 11.8. The van der Waals surface area contributed by atoms with Crippen LogP contribution in [0.4, 0.5) is 0 Å². The highest BCUT2D eigenvalue weighted by molar-refractivity contribution is 5.75. The summed E-state index contributed by atoms with van der Waals surface area (Å²) < 4.78 is 6.85. The van der Waals surface area contributed by atoms with E-state index in [4.69, 9.17) is 4.74 Å². The fourth-order valence-electron chi connectivity index (χ4n) is 1.60. The molecule has 0 bridgehead atoms. The van der Waals surface area contributed by atoms with Gasteiger partial charge in [-0.15, -0.1) is 0 Å². The summed E-state index contributed by atoms with van der Waals surface area (Å²) in [6, 6.07) is 1.78. The number of nitrogens with zero attached hydrogens (tertiary/aromatic N) is 2. The van der Waals surface area contributed by atoms with E-state index in [0.717, 1.165) is 5.69 Å². The molecule has 1 rings (SSSR count). The summed E-state index contributed by atoms with van der Waals surface area (Å²) in [7, 11) is 0. The molecular weight excluding hydrogens is 218 g/mol. The molecule has 1 unspecified atom stereocenters. The van der Waals surface area contributed by atoms with Crippen LogP contribution in [0.2, 0.25) is 0 Å². The second-order valence-corrected chi connectivity index (χ2v) is 4.28. The first-order valence-corrected chi connectivity index (χ1v) is 5.95. The van der Waals surface area contributed by atoms with E-state index < -0.39 is 0 Å². The molecule has 1 heterocycles. The molecule has 5 heteroatoms. The Bertz CT molecular complexity index is 360. The molecule has 0 radical (unpaired) electrons. The number of rotatable bonds is 6. The van der Waals surface area contributed by atoms with Crippen molar-refractivity contribution in [3.8, 4) is 0 Å². The van der Waals surface area contributed by atoms with E-state index in [1.54, 1.807) is 10.9 Å². The monoisotopic (exact) mass is 239 g/mol. The van der Waals surface area contributed by atoms with Gasteiger partial charge in [-0.05, 0) is 19.9 Å². The van der Waals surface area contributed by atoms with Gasteiger partial charge in [-0.25, -0.2) is 0 Å². The van der Waals surface area contributed by atoms with Crippen molar-refractivity contribution in [1.29, 1.82) is 0 Å². The summed E-state index contributed by atoms with van der Waals surface area (Å²) >= 11 is 0. The van der Waals surface area contributed by atoms with E-state index in [2.05, 4.69) is 10.4 Å². The molecule has 0 aliphatic rings. The third-order valence-electron chi connectivity index (χ3n) is 2.39. The maximum Gasteiger partial charge on any atom is 0.325 e. The van der Waals surface area contributed by atoms with Gasteiger partial charge in [0.15, 0.2) is 0 Å². The number of hydrogen-bond acceptors (Lipinski definition) is 4. The molecule has 0 spiro atoms. The number of carbonyl (C=O) groups excluding carboxylic acids is 1. The van der Waals surface area contributed by atoms with Crippen LogP contribution in [0.25, 0.3) is 0 Å². The molecule has 1 atom stereocenters. The molecule has 0 aliphatic carbocycles. The van der Waals surface area contributed by atoms with Crippen molar-refractivity contribution in [1.82, 2.24) is 15.1 Å². The lowest BCUT2D eigenvalue weighted by Gasteiger charge is -2.20. The number of aromatic nitrogens is 2. The van der Waals surface area contributed by atoms with Crippen molar-refractivity contribution in [3.63, 3.8) is 0 Å². The van der Waals surface area contributed by atoms with Gasteiger partial charge in [0.2, 0.25) is 0 Å². The quantitative estimate of drug-likeness (QED) is 0.756. The van der Waals surface area contributed by atoms with Crippen LogP contribution in [0, 0.1) is 6.92 Å². The fourth-order valence-corrected chi connectivity index (χ4v) is 1.60. The minimum absolute atomic E-state index is 0.222. The van der Waals surface area contributed by atoms with Crippen molar-refractivity contribution in [2.45, 2.75) is 46.3 Å². The predicted molar refractivity (Wildman–Crippen MR) is 65.7 cm³/mol. The molecule has 0 aromatic carbocycles. The Hall–Kier alpha value is -1.36. The van der Waals surface area contributed by atoms with Gasteiger partial charge in [0.25, 0.3) is 0 Å². The average Bonchev–Trinajstić information content (AvgIpc) is 2.63. The van der Waals surface area contributed by atoms with E-state index >= 15 is 0 Å². The lowest BCUT2D eigenvalue weighted by atomic mass is 10.2. The van der Waals surface area contributed by atoms with Crippen molar-refractivity contribution in [3.05, 3.63) is 18.0 Å². The first-order valence-electron chi connectivity index (χ1n) is 5.95. The van der Waals surface area contributed by atoms with Crippen LogP contribution in [-0.4, -0.2) is 34.4 Å². The highest BCUT2D eigenvalue weighted by Crippen LogP contribution is 2.01. The Morgan fingerprint density at radius 2 is 2.29 bits per heavy atom. The Labute approximate surface area is 102 Å². The zero-order valence-electron chi connectivity index (χ0n) is 10.9. The number of aryl methyl sites for hydroxylation is 1. The van der Waals surface area contributed by atoms with Crippen molar-refractivity contribution in [2.75, 3.05) is 6.61 Å². The second kappa shape index (κ2) is 6.39. The molecule has 1 aromatic rings. The van der Waals surface area contributed by atoms with Crippen LogP contribution in [0.15, 0.2) is 12.3 Å². The highest BCUT2D eigenvalue weighted by Gasteiger charge is 2.21. The Morgan fingerprint density at radius 3 is 2.76 bits per heavy atom.